The van der Waals surface area contributed by atoms with Crippen LogP contribution in [0, 0.1) is 23.1 Å². The van der Waals surface area contributed by atoms with Crippen LogP contribution < -0.4 is 4.74 Å². The molecule has 2 saturated carbocycles. The molecule has 7 heteroatoms. The lowest BCUT2D eigenvalue weighted by molar-refractivity contribution is -0.154. The molecule has 2 aromatic carbocycles. The Balaban J connectivity index is 1.15. The molecule has 5 nitrogen and oxygen atoms in total. The number of likely N-dealkylation sites (tertiary alicyclic amines) is 1. The second-order valence-corrected chi connectivity index (χ2v) is 13.6. The number of esters is 1. The van der Waals surface area contributed by atoms with Gasteiger partial charge in [0.15, 0.2) is 0 Å². The summed E-state index contributed by atoms with van der Waals surface area (Å²) in [5.41, 5.74) is 1.87. The molecule has 0 amide bonds. The van der Waals surface area contributed by atoms with Crippen molar-refractivity contribution in [1.29, 1.82) is 0 Å². The second kappa shape index (κ2) is 10.7. The summed E-state index contributed by atoms with van der Waals surface area (Å²) in [7, 11) is 1.47. The molecule has 2 aliphatic carbocycles. The molecule has 0 N–H and O–H groups in total. The predicted molar refractivity (Wildman–Crippen MR) is 158 cm³/mol. The van der Waals surface area contributed by atoms with Crippen molar-refractivity contribution in [1.82, 2.24) is 4.90 Å². The number of methoxy groups -OCH3 is 1. The Morgan fingerprint density at radius 1 is 1.12 bits per heavy atom. The van der Waals surface area contributed by atoms with E-state index in [1.165, 1.54) is 19.2 Å². The molecule has 0 aromatic heterocycles. The van der Waals surface area contributed by atoms with Gasteiger partial charge in [0.25, 0.3) is 0 Å². The van der Waals surface area contributed by atoms with Gasteiger partial charge in [-0.15, -0.1) is 0 Å². The first kappa shape index (κ1) is 29.2. The van der Waals surface area contributed by atoms with Gasteiger partial charge >= 0.3 is 5.97 Å². The van der Waals surface area contributed by atoms with Gasteiger partial charge in [0.05, 0.1) is 24.9 Å². The molecule has 1 spiro atoms. The summed E-state index contributed by atoms with van der Waals surface area (Å²) in [6.07, 6.45) is 5.08. The Morgan fingerprint density at radius 3 is 2.38 bits per heavy atom. The van der Waals surface area contributed by atoms with E-state index >= 15 is 4.39 Å². The number of ether oxygens (including phenoxy) is 3. The van der Waals surface area contributed by atoms with Crippen LogP contribution in [0.25, 0.3) is 11.1 Å². The molecular weight excluding hydrogens is 536 g/mol. The average Bonchev–Trinajstić information content (AvgIpc) is 3.44. The van der Waals surface area contributed by atoms with Crippen molar-refractivity contribution in [2.24, 2.45) is 17.3 Å². The molecule has 2 aromatic rings. The number of halogens is 2. The fourth-order valence-corrected chi connectivity index (χ4v) is 7.83. The maximum absolute atomic E-state index is 15.1. The Kier molecular flexibility index (Phi) is 7.40. The molecule has 3 unspecified atom stereocenters. The van der Waals surface area contributed by atoms with Crippen LogP contribution in [0.2, 0.25) is 0 Å². The zero-order valence-electron chi connectivity index (χ0n) is 25.3. The van der Waals surface area contributed by atoms with Crippen molar-refractivity contribution in [3.8, 4) is 16.9 Å². The summed E-state index contributed by atoms with van der Waals surface area (Å²) in [6, 6.07) is 10.6. The lowest BCUT2D eigenvalue weighted by Crippen LogP contribution is -2.60. The van der Waals surface area contributed by atoms with E-state index in [4.69, 9.17) is 14.2 Å². The number of alkyl halides is 1. The Morgan fingerprint density at radius 2 is 1.79 bits per heavy atom. The maximum atomic E-state index is 15.1. The predicted octanol–water partition coefficient (Wildman–Crippen LogP) is 7.58. The zero-order valence-corrected chi connectivity index (χ0v) is 25.3. The number of nitrogens with zero attached hydrogens (tertiary/aromatic N) is 1. The van der Waals surface area contributed by atoms with Crippen LogP contribution in [-0.2, 0) is 20.8 Å². The van der Waals surface area contributed by atoms with Crippen molar-refractivity contribution in [2.45, 2.75) is 83.0 Å². The first-order chi connectivity index (χ1) is 20.0. The van der Waals surface area contributed by atoms with Crippen LogP contribution in [0.3, 0.4) is 0 Å². The fourth-order valence-electron chi connectivity index (χ4n) is 7.83. The third-order valence-electron chi connectivity index (χ3n) is 10.3. The molecule has 0 bridgehead atoms. The molecule has 4 fully saturated rings. The maximum Gasteiger partial charge on any atom is 0.311 e. The number of allylic oxidation sites excluding steroid dienone is 1. The van der Waals surface area contributed by atoms with Crippen molar-refractivity contribution >= 4 is 5.97 Å². The highest BCUT2D eigenvalue weighted by Gasteiger charge is 2.55. The summed E-state index contributed by atoms with van der Waals surface area (Å²) in [5.74, 6) is 1.79. The normalized spacial score (nSPS) is 31.9. The summed E-state index contributed by atoms with van der Waals surface area (Å²) >= 11 is 0. The number of rotatable bonds is 8. The summed E-state index contributed by atoms with van der Waals surface area (Å²) < 4.78 is 46.4. The van der Waals surface area contributed by atoms with E-state index in [-0.39, 0.29) is 28.7 Å². The zero-order chi connectivity index (χ0) is 29.9. The molecule has 2 aliphatic heterocycles. The van der Waals surface area contributed by atoms with Crippen LogP contribution >= 0.6 is 0 Å². The van der Waals surface area contributed by atoms with Gasteiger partial charge in [-0.25, -0.2) is 8.78 Å². The monoisotopic (exact) mass is 579 g/mol. The number of benzene rings is 2. The smallest absolute Gasteiger partial charge is 0.311 e. The van der Waals surface area contributed by atoms with E-state index in [2.05, 4.69) is 23.6 Å². The van der Waals surface area contributed by atoms with Crippen LogP contribution in [0.4, 0.5) is 8.78 Å². The van der Waals surface area contributed by atoms with E-state index in [1.54, 1.807) is 19.1 Å². The SMILES string of the molecule is C=C1OC2(CC1C1CCC(C)(C(=O)OC)CC1)CN(Cc1cc(OCC)c(-c3ccc(F)cc3)c(C3CC3(C)F)c1)C2. The molecule has 2 saturated heterocycles. The van der Waals surface area contributed by atoms with Gasteiger partial charge in [-0.05, 0) is 100 Å². The van der Waals surface area contributed by atoms with Crippen LogP contribution in [0.5, 0.6) is 5.75 Å². The highest BCUT2D eigenvalue weighted by molar-refractivity contribution is 5.77. The van der Waals surface area contributed by atoms with Gasteiger partial charge in [-0.2, -0.15) is 0 Å². The van der Waals surface area contributed by atoms with Gasteiger partial charge in [-0.3, -0.25) is 9.69 Å². The second-order valence-electron chi connectivity index (χ2n) is 13.6. The Labute approximate surface area is 248 Å². The highest BCUT2D eigenvalue weighted by Crippen LogP contribution is 2.58. The average molecular weight is 580 g/mol. The molecule has 42 heavy (non-hydrogen) atoms. The third-order valence-corrected chi connectivity index (χ3v) is 10.3. The minimum atomic E-state index is -1.25. The van der Waals surface area contributed by atoms with Gasteiger partial charge in [0.2, 0.25) is 0 Å². The first-order valence-corrected chi connectivity index (χ1v) is 15.4. The molecule has 6 rings (SSSR count). The summed E-state index contributed by atoms with van der Waals surface area (Å²) in [4.78, 5) is 14.6. The molecule has 0 radical (unpaired) electrons. The molecule has 4 aliphatic rings. The van der Waals surface area contributed by atoms with E-state index in [1.807, 2.05) is 13.8 Å². The number of hydrogen-bond donors (Lipinski definition) is 0. The van der Waals surface area contributed by atoms with Crippen LogP contribution in [0.1, 0.15) is 76.3 Å². The van der Waals surface area contributed by atoms with E-state index < -0.39 is 5.67 Å². The van der Waals surface area contributed by atoms with E-state index in [0.29, 0.717) is 24.9 Å². The van der Waals surface area contributed by atoms with Crippen molar-refractivity contribution in [2.75, 3.05) is 26.8 Å². The van der Waals surface area contributed by atoms with Gasteiger partial charge in [0.1, 0.15) is 22.8 Å². The standard InChI is InChI=1S/C35H43F2NO4/c1-6-41-30-16-23(15-27(29-18-34(29,4)37)31(30)25-7-9-26(36)10-8-25)19-38-20-35(21-38)17-28(22(2)42-35)24-11-13-33(3,14-12-24)32(39)40-5/h7-10,15-16,24,28-29H,2,6,11-14,17-21H2,1,3-5H3. The molecule has 226 valence electrons. The first-order valence-electron chi connectivity index (χ1n) is 15.4. The molecular formula is C35H43F2NO4. The quantitative estimate of drug-likeness (QED) is 0.302. The number of hydrogen-bond acceptors (Lipinski definition) is 5. The van der Waals surface area contributed by atoms with Crippen molar-refractivity contribution in [3.05, 3.63) is 65.7 Å². The van der Waals surface area contributed by atoms with E-state index in [0.717, 1.165) is 85.5 Å². The van der Waals surface area contributed by atoms with Crippen molar-refractivity contribution < 1.29 is 27.8 Å². The highest BCUT2D eigenvalue weighted by atomic mass is 19.1. The molecule has 3 atom stereocenters. The van der Waals surface area contributed by atoms with Gasteiger partial charge in [-0.1, -0.05) is 24.8 Å². The Hall–Kier alpha value is -2.93. The minimum Gasteiger partial charge on any atom is -0.493 e. The van der Waals surface area contributed by atoms with Crippen LogP contribution in [-0.4, -0.2) is 48.9 Å². The van der Waals surface area contributed by atoms with E-state index in [9.17, 15) is 9.18 Å². The largest absolute Gasteiger partial charge is 0.493 e. The fraction of sp³-hybridized carbons (Fsp3) is 0.571. The van der Waals surface area contributed by atoms with Gasteiger partial charge < -0.3 is 14.2 Å². The lowest BCUT2D eigenvalue weighted by atomic mass is 9.67. The van der Waals surface area contributed by atoms with Crippen molar-refractivity contribution in [3.63, 3.8) is 0 Å². The van der Waals surface area contributed by atoms with Crippen LogP contribution in [0.15, 0.2) is 48.7 Å². The Bertz CT molecular complexity index is 1360. The third kappa shape index (κ3) is 5.34. The number of carbonyl (C=O) groups is 1. The van der Waals surface area contributed by atoms with Gasteiger partial charge in [0, 0.05) is 37.0 Å². The minimum absolute atomic E-state index is 0.104. The number of carbonyl (C=O) groups excluding carboxylic acids is 1. The topological polar surface area (TPSA) is 48.0 Å². The lowest BCUT2D eigenvalue weighted by Gasteiger charge is -2.47. The summed E-state index contributed by atoms with van der Waals surface area (Å²) in [5, 5.41) is 0. The molecule has 2 heterocycles. The summed E-state index contributed by atoms with van der Waals surface area (Å²) in [6.45, 7) is 12.8.